The highest BCUT2D eigenvalue weighted by Gasteiger charge is 2.12. The average Bonchev–Trinajstić information content (AvgIpc) is 2.97. The third-order valence-electron chi connectivity index (χ3n) is 2.71. The van der Waals surface area contributed by atoms with Gasteiger partial charge in [-0.25, -0.2) is 9.37 Å². The van der Waals surface area contributed by atoms with E-state index in [0.717, 1.165) is 11.8 Å². The van der Waals surface area contributed by atoms with Crippen LogP contribution < -0.4 is 0 Å². The van der Waals surface area contributed by atoms with Crippen LogP contribution in [0.5, 0.6) is 0 Å². The molecule has 0 amide bonds. The van der Waals surface area contributed by atoms with E-state index in [-0.39, 0.29) is 12.4 Å². The highest BCUT2D eigenvalue weighted by atomic mass is 19.1. The number of tetrazole rings is 1. The van der Waals surface area contributed by atoms with Gasteiger partial charge in [0.1, 0.15) is 5.82 Å². The Bertz CT molecular complexity index is 729. The van der Waals surface area contributed by atoms with E-state index < -0.39 is 5.82 Å². The molecule has 6 nitrogen and oxygen atoms in total. The lowest BCUT2D eigenvalue weighted by Crippen LogP contribution is -2.07. The van der Waals surface area contributed by atoms with Crippen molar-refractivity contribution in [1.29, 1.82) is 0 Å². The van der Waals surface area contributed by atoms with Crippen molar-refractivity contribution in [2.75, 3.05) is 0 Å². The van der Waals surface area contributed by atoms with Gasteiger partial charge in [-0.1, -0.05) is 30.3 Å². The Labute approximate surface area is 113 Å². The lowest BCUT2D eigenvalue weighted by molar-refractivity contribution is 0.279. The predicted molar refractivity (Wildman–Crippen MR) is 68.3 cm³/mol. The number of aliphatic hydroxyl groups is 1. The van der Waals surface area contributed by atoms with Crippen molar-refractivity contribution in [2.24, 2.45) is 0 Å². The van der Waals surface area contributed by atoms with Crippen molar-refractivity contribution >= 4 is 0 Å². The molecule has 0 aliphatic carbocycles. The number of aliphatic hydroxyl groups excluding tert-OH is 1. The number of nitrogens with zero attached hydrogens (tertiary/aromatic N) is 5. The first-order valence-corrected chi connectivity index (χ1v) is 5.89. The zero-order chi connectivity index (χ0) is 13.9. The fraction of sp³-hybridized carbons (Fsp3) is 0.0769. The van der Waals surface area contributed by atoms with Crippen LogP contribution in [0.4, 0.5) is 4.39 Å². The summed E-state index contributed by atoms with van der Waals surface area (Å²) in [4.78, 5) is 5.06. The van der Waals surface area contributed by atoms with Crippen LogP contribution in [-0.2, 0) is 6.61 Å². The van der Waals surface area contributed by atoms with Crippen molar-refractivity contribution in [3.05, 3.63) is 54.0 Å². The summed E-state index contributed by atoms with van der Waals surface area (Å²) in [6.07, 6.45) is 1.04. The van der Waals surface area contributed by atoms with E-state index in [1.54, 1.807) is 0 Å². The third-order valence-corrected chi connectivity index (χ3v) is 2.71. The fourth-order valence-electron chi connectivity index (χ4n) is 1.78. The lowest BCUT2D eigenvalue weighted by atomic mass is 10.2. The van der Waals surface area contributed by atoms with E-state index >= 15 is 0 Å². The highest BCUT2D eigenvalue weighted by molar-refractivity contribution is 5.53. The van der Waals surface area contributed by atoms with Gasteiger partial charge < -0.3 is 5.11 Å². The van der Waals surface area contributed by atoms with Crippen molar-refractivity contribution in [3.8, 4) is 17.2 Å². The van der Waals surface area contributed by atoms with Gasteiger partial charge in [-0.2, -0.15) is 0 Å². The molecule has 0 bridgehead atoms. The van der Waals surface area contributed by atoms with Crippen molar-refractivity contribution in [3.63, 3.8) is 0 Å². The standard InChI is InChI=1S/C13H10FN5O/c14-11-6-10(8-20)13(15-7-11)19-17-12(16-18-19)9-4-2-1-3-5-9/h1-7,20H,8H2. The summed E-state index contributed by atoms with van der Waals surface area (Å²) in [6, 6.07) is 10.5. The molecule has 0 saturated heterocycles. The first-order valence-electron chi connectivity index (χ1n) is 5.89. The van der Waals surface area contributed by atoms with Gasteiger partial charge in [0.25, 0.3) is 0 Å². The van der Waals surface area contributed by atoms with E-state index in [9.17, 15) is 9.50 Å². The molecule has 20 heavy (non-hydrogen) atoms. The molecule has 1 N–H and O–H groups in total. The molecule has 3 aromatic rings. The van der Waals surface area contributed by atoms with Crippen LogP contribution in [0.1, 0.15) is 5.56 Å². The van der Waals surface area contributed by atoms with Crippen LogP contribution in [0.25, 0.3) is 17.2 Å². The van der Waals surface area contributed by atoms with Crippen LogP contribution >= 0.6 is 0 Å². The molecule has 0 fully saturated rings. The molecule has 3 rings (SSSR count). The molecule has 0 aliphatic heterocycles. The minimum absolute atomic E-state index is 0.253. The topological polar surface area (TPSA) is 76.7 Å². The second-order valence-corrected chi connectivity index (χ2v) is 4.06. The van der Waals surface area contributed by atoms with E-state index in [4.69, 9.17) is 0 Å². The van der Waals surface area contributed by atoms with Gasteiger partial charge in [0.15, 0.2) is 5.82 Å². The molecule has 1 aromatic carbocycles. The second-order valence-electron chi connectivity index (χ2n) is 4.06. The average molecular weight is 271 g/mol. The van der Waals surface area contributed by atoms with E-state index in [0.29, 0.717) is 11.4 Å². The summed E-state index contributed by atoms with van der Waals surface area (Å²) in [6.45, 7) is -0.359. The van der Waals surface area contributed by atoms with Gasteiger partial charge in [0, 0.05) is 11.1 Å². The third kappa shape index (κ3) is 2.26. The van der Waals surface area contributed by atoms with Gasteiger partial charge in [-0.05, 0) is 11.3 Å². The second kappa shape index (κ2) is 5.14. The van der Waals surface area contributed by atoms with E-state index in [1.165, 1.54) is 10.9 Å². The molecule has 100 valence electrons. The normalized spacial score (nSPS) is 10.7. The molecule has 7 heteroatoms. The highest BCUT2D eigenvalue weighted by Crippen LogP contribution is 2.15. The minimum atomic E-state index is -0.527. The largest absolute Gasteiger partial charge is 0.392 e. The molecule has 0 radical (unpaired) electrons. The maximum absolute atomic E-state index is 13.1. The molecule has 0 unspecified atom stereocenters. The molecule has 2 heterocycles. The van der Waals surface area contributed by atoms with Crippen LogP contribution in [0.2, 0.25) is 0 Å². The number of aromatic nitrogens is 5. The molecule has 0 saturated carbocycles. The molecule has 0 aliphatic rings. The smallest absolute Gasteiger partial charge is 0.205 e. The summed E-state index contributed by atoms with van der Waals surface area (Å²) in [5.41, 5.74) is 1.11. The first kappa shape index (κ1) is 12.4. The monoisotopic (exact) mass is 271 g/mol. The Morgan fingerprint density at radius 3 is 2.75 bits per heavy atom. The summed E-state index contributed by atoms with van der Waals surface area (Å²) >= 11 is 0. The Balaban J connectivity index is 2.02. The molecule has 2 aromatic heterocycles. The van der Waals surface area contributed by atoms with Gasteiger partial charge in [0.2, 0.25) is 5.82 Å². The number of hydrogen-bond donors (Lipinski definition) is 1. The van der Waals surface area contributed by atoms with Crippen molar-refractivity contribution < 1.29 is 9.50 Å². The van der Waals surface area contributed by atoms with Crippen LogP contribution in [-0.4, -0.2) is 30.3 Å². The van der Waals surface area contributed by atoms with Crippen molar-refractivity contribution in [1.82, 2.24) is 25.2 Å². The zero-order valence-electron chi connectivity index (χ0n) is 10.3. The van der Waals surface area contributed by atoms with Crippen LogP contribution in [0, 0.1) is 5.82 Å². The quantitative estimate of drug-likeness (QED) is 0.778. The minimum Gasteiger partial charge on any atom is -0.392 e. The van der Waals surface area contributed by atoms with Gasteiger partial charge in [0.05, 0.1) is 12.8 Å². The zero-order valence-corrected chi connectivity index (χ0v) is 10.3. The Morgan fingerprint density at radius 1 is 1.20 bits per heavy atom. The molecule has 0 spiro atoms. The lowest BCUT2D eigenvalue weighted by Gasteiger charge is -2.03. The van der Waals surface area contributed by atoms with Crippen molar-refractivity contribution in [2.45, 2.75) is 6.61 Å². The predicted octanol–water partition coefficient (Wildman–Crippen LogP) is 1.36. The SMILES string of the molecule is OCc1cc(F)cnc1-n1nnc(-c2ccccc2)n1. The Morgan fingerprint density at radius 2 is 2.00 bits per heavy atom. The maximum atomic E-state index is 13.1. The van der Waals surface area contributed by atoms with Crippen LogP contribution in [0.15, 0.2) is 42.6 Å². The van der Waals surface area contributed by atoms with Crippen LogP contribution in [0.3, 0.4) is 0 Å². The number of hydrogen-bond acceptors (Lipinski definition) is 5. The van der Waals surface area contributed by atoms with Gasteiger partial charge in [-0.15, -0.1) is 15.0 Å². The summed E-state index contributed by atoms with van der Waals surface area (Å²) in [5.74, 6) is 0.158. The number of benzene rings is 1. The molecule has 0 atom stereocenters. The molecular weight excluding hydrogens is 261 g/mol. The Hall–Kier alpha value is -2.67. The molecular formula is C13H10FN5O. The summed E-state index contributed by atoms with van der Waals surface area (Å²) < 4.78 is 13.1. The number of halogens is 1. The number of pyridine rings is 1. The number of rotatable bonds is 3. The summed E-state index contributed by atoms with van der Waals surface area (Å²) in [5, 5.41) is 21.2. The first-order chi connectivity index (χ1) is 9.78. The van der Waals surface area contributed by atoms with Gasteiger partial charge >= 0.3 is 0 Å². The van der Waals surface area contributed by atoms with E-state index in [2.05, 4.69) is 20.4 Å². The summed E-state index contributed by atoms with van der Waals surface area (Å²) in [7, 11) is 0. The van der Waals surface area contributed by atoms with E-state index in [1.807, 2.05) is 30.3 Å². The van der Waals surface area contributed by atoms with Gasteiger partial charge in [-0.3, -0.25) is 0 Å². The maximum Gasteiger partial charge on any atom is 0.205 e. The fourth-order valence-corrected chi connectivity index (χ4v) is 1.78. The Kier molecular flexibility index (Phi) is 3.18.